The van der Waals surface area contributed by atoms with Crippen molar-refractivity contribution in [3.63, 3.8) is 0 Å². The van der Waals surface area contributed by atoms with Crippen LogP contribution in [-0.2, 0) is 10.0 Å². The number of nitrogens with one attached hydrogen (secondary N) is 1. The van der Waals surface area contributed by atoms with Gasteiger partial charge >= 0.3 is 0 Å². The minimum Gasteiger partial charge on any atom is -0.480 e. The van der Waals surface area contributed by atoms with Crippen LogP contribution in [0.2, 0.25) is 0 Å². The lowest BCUT2D eigenvalue weighted by atomic mass is 10.2. The van der Waals surface area contributed by atoms with Crippen molar-refractivity contribution in [3.8, 4) is 29.0 Å². The average molecular weight is 456 g/mol. The Morgan fingerprint density at radius 2 is 1.88 bits per heavy atom. The van der Waals surface area contributed by atoms with E-state index in [4.69, 9.17) is 4.74 Å². The summed E-state index contributed by atoms with van der Waals surface area (Å²) in [5, 5.41) is 4.43. The van der Waals surface area contributed by atoms with Crippen molar-refractivity contribution in [2.45, 2.75) is 11.8 Å². The van der Waals surface area contributed by atoms with Crippen molar-refractivity contribution < 1.29 is 21.9 Å². The fraction of sp³-hybridized carbons (Fsp3) is 0.100. The molecule has 4 aromatic rings. The Labute approximate surface area is 181 Å². The quantitative estimate of drug-likeness (QED) is 0.460. The summed E-state index contributed by atoms with van der Waals surface area (Å²) in [5.41, 5.74) is 1.18. The number of aromatic nitrogens is 5. The molecule has 0 saturated carbocycles. The molecule has 4 rings (SSSR count). The fourth-order valence-corrected chi connectivity index (χ4v) is 3.95. The van der Waals surface area contributed by atoms with Crippen LogP contribution < -0.4 is 9.46 Å². The third-order valence-corrected chi connectivity index (χ3v) is 5.65. The number of pyridine rings is 1. The van der Waals surface area contributed by atoms with Gasteiger partial charge in [-0.05, 0) is 31.0 Å². The monoisotopic (exact) mass is 456 g/mol. The van der Waals surface area contributed by atoms with Crippen molar-refractivity contribution in [2.24, 2.45) is 0 Å². The maximum atomic E-state index is 14.0. The van der Waals surface area contributed by atoms with Gasteiger partial charge < -0.3 is 4.74 Å². The zero-order valence-corrected chi connectivity index (χ0v) is 17.5. The molecule has 12 heteroatoms. The number of hydrogen-bond donors (Lipinski definition) is 1. The summed E-state index contributed by atoms with van der Waals surface area (Å²) < 4.78 is 61.4. The lowest BCUT2D eigenvalue weighted by Crippen LogP contribution is -2.16. The highest BCUT2D eigenvalue weighted by Gasteiger charge is 2.22. The van der Waals surface area contributed by atoms with Crippen LogP contribution in [0.3, 0.4) is 0 Å². The molecule has 0 radical (unpaired) electrons. The smallest absolute Gasteiger partial charge is 0.264 e. The highest BCUT2D eigenvalue weighted by molar-refractivity contribution is 7.92. The molecule has 0 aliphatic heterocycles. The summed E-state index contributed by atoms with van der Waals surface area (Å²) in [6.07, 6.45) is 4.37. The molecule has 0 atom stereocenters. The minimum absolute atomic E-state index is 0.0611. The summed E-state index contributed by atoms with van der Waals surface area (Å²) in [4.78, 5) is 11.7. The van der Waals surface area contributed by atoms with Gasteiger partial charge in [0.05, 0.1) is 19.5 Å². The third-order valence-electron chi connectivity index (χ3n) is 4.25. The molecule has 0 unspecified atom stereocenters. The first-order valence-corrected chi connectivity index (χ1v) is 10.5. The molecule has 0 fully saturated rings. The number of halogens is 2. The van der Waals surface area contributed by atoms with Crippen molar-refractivity contribution in [2.75, 3.05) is 11.8 Å². The number of sulfonamides is 1. The van der Waals surface area contributed by atoms with Crippen LogP contribution in [-0.4, -0.2) is 40.1 Å². The topological polar surface area (TPSA) is 111 Å². The van der Waals surface area contributed by atoms with Crippen LogP contribution in [0, 0.1) is 23.5 Å². The summed E-state index contributed by atoms with van der Waals surface area (Å²) in [7, 11) is -3.12. The molecular formula is C20H14F2N6O3S. The van der Waals surface area contributed by atoms with Crippen LogP contribution in [0.1, 0.15) is 12.6 Å². The Balaban J connectivity index is 1.77. The fourth-order valence-electron chi connectivity index (χ4n) is 2.84. The number of imidazole rings is 1. The molecule has 0 aliphatic carbocycles. The minimum atomic E-state index is -4.41. The van der Waals surface area contributed by atoms with Gasteiger partial charge in [-0.1, -0.05) is 5.92 Å². The van der Waals surface area contributed by atoms with Gasteiger partial charge in [0.15, 0.2) is 0 Å². The van der Waals surface area contributed by atoms with E-state index in [0.29, 0.717) is 28.8 Å². The molecule has 0 saturated heterocycles. The van der Waals surface area contributed by atoms with E-state index in [2.05, 4.69) is 36.6 Å². The van der Waals surface area contributed by atoms with E-state index in [0.717, 1.165) is 12.1 Å². The van der Waals surface area contributed by atoms with E-state index >= 15 is 0 Å². The lowest BCUT2D eigenvalue weighted by Gasteiger charge is -2.13. The van der Waals surface area contributed by atoms with Crippen LogP contribution in [0.4, 0.5) is 14.5 Å². The maximum Gasteiger partial charge on any atom is 0.264 e. The number of ether oxygens (including phenoxy) is 1. The largest absolute Gasteiger partial charge is 0.480 e. The molecule has 0 bridgehead atoms. The van der Waals surface area contributed by atoms with Gasteiger partial charge in [-0.25, -0.2) is 32.2 Å². The summed E-state index contributed by atoms with van der Waals surface area (Å²) >= 11 is 0. The second kappa shape index (κ2) is 8.20. The Morgan fingerprint density at radius 1 is 1.09 bits per heavy atom. The zero-order valence-electron chi connectivity index (χ0n) is 16.7. The molecule has 0 spiro atoms. The first-order chi connectivity index (χ1) is 15.3. The average Bonchev–Trinajstić information content (AvgIpc) is 3.15. The van der Waals surface area contributed by atoms with Crippen molar-refractivity contribution in [1.29, 1.82) is 0 Å². The Hall–Kier alpha value is -4.11. The predicted molar refractivity (Wildman–Crippen MR) is 110 cm³/mol. The Morgan fingerprint density at radius 3 is 2.59 bits per heavy atom. The molecular weight excluding hydrogens is 442 g/mol. The van der Waals surface area contributed by atoms with Crippen LogP contribution >= 0.6 is 0 Å². The van der Waals surface area contributed by atoms with Crippen LogP contribution in [0.25, 0.3) is 17.0 Å². The lowest BCUT2D eigenvalue weighted by molar-refractivity contribution is 0.400. The molecule has 0 aliphatic rings. The van der Waals surface area contributed by atoms with Crippen molar-refractivity contribution in [3.05, 3.63) is 60.2 Å². The number of methoxy groups -OCH3 is 1. The van der Waals surface area contributed by atoms with Gasteiger partial charge in [0.1, 0.15) is 33.6 Å². The summed E-state index contributed by atoms with van der Waals surface area (Å²) in [6, 6.07) is 3.55. The van der Waals surface area contributed by atoms with Crippen molar-refractivity contribution in [1.82, 2.24) is 24.6 Å². The number of hydrogen-bond acceptors (Lipinski definition) is 7. The standard InChI is InChI=1S/C20H14F2N6O3S/c1-3-4-14-10-24-20-25-11-17(26-28(14)20)12-7-16(19(31-2)23-9-12)27-32(29,30)18-6-5-13(21)8-15(18)22/h5-11,27H,1-2H3. The van der Waals surface area contributed by atoms with E-state index in [1.54, 1.807) is 6.92 Å². The maximum absolute atomic E-state index is 14.0. The molecule has 0 amide bonds. The van der Waals surface area contributed by atoms with E-state index in [1.807, 2.05) is 0 Å². The van der Waals surface area contributed by atoms with Gasteiger partial charge in [0.2, 0.25) is 5.88 Å². The van der Waals surface area contributed by atoms with Gasteiger partial charge in [0, 0.05) is 17.8 Å². The number of anilines is 1. The van der Waals surface area contributed by atoms with Gasteiger partial charge in [-0.3, -0.25) is 4.72 Å². The molecule has 1 aromatic carbocycles. The normalized spacial score (nSPS) is 11.1. The number of nitrogens with zero attached hydrogens (tertiary/aromatic N) is 5. The molecule has 3 aromatic heterocycles. The van der Waals surface area contributed by atoms with E-state index in [-0.39, 0.29) is 11.6 Å². The van der Waals surface area contributed by atoms with Gasteiger partial charge in [0.25, 0.3) is 15.8 Å². The number of benzene rings is 1. The van der Waals surface area contributed by atoms with Crippen LogP contribution in [0.15, 0.2) is 47.8 Å². The number of fused-ring (bicyclic) bond motifs is 1. The predicted octanol–water partition coefficient (Wildman–Crippen LogP) is 2.65. The molecule has 9 nitrogen and oxygen atoms in total. The number of rotatable bonds is 5. The first-order valence-electron chi connectivity index (χ1n) is 8.98. The van der Waals surface area contributed by atoms with Gasteiger partial charge in [-0.2, -0.15) is 9.61 Å². The Bertz CT molecular complexity index is 1510. The molecule has 162 valence electrons. The van der Waals surface area contributed by atoms with E-state index in [1.165, 1.54) is 36.3 Å². The second-order valence-electron chi connectivity index (χ2n) is 6.33. The third kappa shape index (κ3) is 3.93. The molecule has 1 N–H and O–H groups in total. The Kier molecular flexibility index (Phi) is 5.41. The molecule has 3 heterocycles. The highest BCUT2D eigenvalue weighted by Crippen LogP contribution is 2.30. The van der Waals surface area contributed by atoms with E-state index < -0.39 is 26.6 Å². The molecule has 32 heavy (non-hydrogen) atoms. The summed E-state index contributed by atoms with van der Waals surface area (Å²) in [6.45, 7) is 1.67. The van der Waals surface area contributed by atoms with Crippen LogP contribution in [0.5, 0.6) is 5.88 Å². The highest BCUT2D eigenvalue weighted by atomic mass is 32.2. The zero-order chi connectivity index (χ0) is 22.9. The van der Waals surface area contributed by atoms with Crippen molar-refractivity contribution >= 4 is 21.5 Å². The second-order valence-corrected chi connectivity index (χ2v) is 7.99. The summed E-state index contributed by atoms with van der Waals surface area (Å²) in [5.74, 6) is 3.75. The van der Waals surface area contributed by atoms with Gasteiger partial charge in [-0.15, -0.1) is 0 Å². The van der Waals surface area contributed by atoms with E-state index in [9.17, 15) is 17.2 Å². The first kappa shape index (κ1) is 21.1. The SMILES string of the molecule is CC#Cc1cnc2ncc(-c3cnc(OC)c(NS(=O)(=O)c4ccc(F)cc4F)c3)nn12.